The van der Waals surface area contributed by atoms with Gasteiger partial charge in [0.2, 0.25) is 5.91 Å². The second kappa shape index (κ2) is 13.3. The Labute approximate surface area is 194 Å². The van der Waals surface area contributed by atoms with E-state index in [1.807, 2.05) is 48.5 Å². The quantitative estimate of drug-likeness (QED) is 0.312. The highest BCUT2D eigenvalue weighted by molar-refractivity contribution is 14.0. The number of likely N-dealkylation sites (N-methyl/N-ethyl adjacent to an activating group) is 1. The van der Waals surface area contributed by atoms with Crippen LogP contribution in [0.1, 0.15) is 11.1 Å². The van der Waals surface area contributed by atoms with Gasteiger partial charge in [0, 0.05) is 25.7 Å². The van der Waals surface area contributed by atoms with Crippen molar-refractivity contribution >= 4 is 47.4 Å². The molecule has 2 N–H and O–H groups in total. The summed E-state index contributed by atoms with van der Waals surface area (Å²) in [4.78, 5) is 18.0. The number of hydrogen-bond acceptors (Lipinski definition) is 3. The molecule has 0 unspecified atom stereocenters. The number of nitrogens with one attached hydrogen (secondary N) is 2. The van der Waals surface area contributed by atoms with Gasteiger partial charge in [0.25, 0.3) is 0 Å². The molecule has 0 saturated heterocycles. The minimum absolute atomic E-state index is 0. The molecule has 0 aliphatic carbocycles. The zero-order valence-corrected chi connectivity index (χ0v) is 20.0. The van der Waals surface area contributed by atoms with Gasteiger partial charge in [-0.15, -0.1) is 24.0 Å². The van der Waals surface area contributed by atoms with Crippen LogP contribution in [-0.2, 0) is 17.8 Å². The van der Waals surface area contributed by atoms with E-state index in [2.05, 4.69) is 15.6 Å². The van der Waals surface area contributed by atoms with Gasteiger partial charge in [-0.05, 0) is 41.8 Å². The smallest absolute Gasteiger partial charge is 0.241 e. The van der Waals surface area contributed by atoms with Gasteiger partial charge in [0.1, 0.15) is 5.75 Å². The summed E-state index contributed by atoms with van der Waals surface area (Å²) in [6.45, 7) is 1.33. The molecule has 1 amide bonds. The fraction of sp³-hybridized carbons (Fsp3) is 0.333. The fourth-order valence-electron chi connectivity index (χ4n) is 2.41. The standard InChI is InChI=1S/C21H27ClN4O2.HI/c1-26(2)20(27)15-25-21(24-14-17-5-4-6-18(22)13-17)23-12-11-16-7-9-19(28-3)10-8-16;/h4-10,13H,11-12,14-15H2,1-3H3,(H2,23,24,25);1H. The highest BCUT2D eigenvalue weighted by Crippen LogP contribution is 2.12. The van der Waals surface area contributed by atoms with Crippen LogP contribution in [0.2, 0.25) is 5.02 Å². The van der Waals surface area contributed by atoms with Gasteiger partial charge in [0.15, 0.2) is 5.96 Å². The maximum absolute atomic E-state index is 11.9. The summed E-state index contributed by atoms with van der Waals surface area (Å²) in [5, 5.41) is 7.04. The zero-order chi connectivity index (χ0) is 20.4. The zero-order valence-electron chi connectivity index (χ0n) is 16.9. The van der Waals surface area contributed by atoms with Crippen molar-refractivity contribution in [1.82, 2.24) is 15.5 Å². The van der Waals surface area contributed by atoms with Crippen molar-refractivity contribution in [2.24, 2.45) is 4.99 Å². The van der Waals surface area contributed by atoms with E-state index in [4.69, 9.17) is 16.3 Å². The number of methoxy groups -OCH3 is 1. The molecule has 2 aromatic carbocycles. The second-order valence-electron chi connectivity index (χ2n) is 6.46. The Morgan fingerprint density at radius 3 is 2.45 bits per heavy atom. The number of aliphatic imine (C=N–C) groups is 1. The lowest BCUT2D eigenvalue weighted by Crippen LogP contribution is -2.43. The first-order valence-electron chi connectivity index (χ1n) is 9.07. The maximum atomic E-state index is 11.9. The number of hydrogen-bond donors (Lipinski definition) is 2. The van der Waals surface area contributed by atoms with E-state index in [0.29, 0.717) is 24.1 Å². The molecule has 0 fully saturated rings. The lowest BCUT2D eigenvalue weighted by atomic mass is 10.1. The van der Waals surface area contributed by atoms with Crippen molar-refractivity contribution in [1.29, 1.82) is 0 Å². The summed E-state index contributed by atoms with van der Waals surface area (Å²) in [6.07, 6.45) is 0.823. The number of carbonyl (C=O) groups excluding carboxylic acids is 1. The summed E-state index contributed by atoms with van der Waals surface area (Å²) in [7, 11) is 5.10. The van der Waals surface area contributed by atoms with Crippen LogP contribution in [0.15, 0.2) is 53.5 Å². The third kappa shape index (κ3) is 9.36. The molecule has 2 rings (SSSR count). The number of carbonyl (C=O) groups is 1. The third-order valence-electron chi connectivity index (χ3n) is 4.08. The first-order chi connectivity index (χ1) is 13.5. The lowest BCUT2D eigenvalue weighted by molar-refractivity contribution is -0.127. The van der Waals surface area contributed by atoms with Gasteiger partial charge < -0.3 is 20.3 Å². The third-order valence-corrected chi connectivity index (χ3v) is 4.31. The number of guanidine groups is 1. The van der Waals surface area contributed by atoms with Gasteiger partial charge in [-0.1, -0.05) is 35.9 Å². The van der Waals surface area contributed by atoms with Gasteiger partial charge in [-0.25, -0.2) is 4.99 Å². The first-order valence-corrected chi connectivity index (χ1v) is 9.45. The van der Waals surface area contributed by atoms with Gasteiger partial charge in [-0.3, -0.25) is 4.79 Å². The van der Waals surface area contributed by atoms with Crippen LogP contribution in [0.4, 0.5) is 0 Å². The summed E-state index contributed by atoms with van der Waals surface area (Å²) < 4.78 is 5.18. The molecule has 0 bridgehead atoms. The number of benzene rings is 2. The minimum atomic E-state index is -0.0209. The average molecular weight is 531 g/mol. The molecule has 0 heterocycles. The molecule has 8 heteroatoms. The Morgan fingerprint density at radius 1 is 1.10 bits per heavy atom. The molecule has 6 nitrogen and oxygen atoms in total. The lowest BCUT2D eigenvalue weighted by Gasteiger charge is -2.15. The largest absolute Gasteiger partial charge is 0.497 e. The van der Waals surface area contributed by atoms with Crippen molar-refractivity contribution in [3.8, 4) is 5.75 Å². The Morgan fingerprint density at radius 2 is 1.83 bits per heavy atom. The van der Waals surface area contributed by atoms with E-state index in [1.54, 1.807) is 26.1 Å². The molecule has 0 radical (unpaired) electrons. The van der Waals surface area contributed by atoms with E-state index in [0.717, 1.165) is 17.7 Å². The van der Waals surface area contributed by atoms with Crippen molar-refractivity contribution in [3.63, 3.8) is 0 Å². The molecule has 0 spiro atoms. The predicted octanol–water partition coefficient (Wildman–Crippen LogP) is 3.33. The Hall–Kier alpha value is -2.00. The van der Waals surface area contributed by atoms with Crippen molar-refractivity contribution in [3.05, 3.63) is 64.7 Å². The van der Waals surface area contributed by atoms with Crippen LogP contribution in [0.5, 0.6) is 5.75 Å². The summed E-state index contributed by atoms with van der Waals surface area (Å²) in [5.41, 5.74) is 2.19. The highest BCUT2D eigenvalue weighted by atomic mass is 127. The molecule has 158 valence electrons. The minimum Gasteiger partial charge on any atom is -0.497 e. The van der Waals surface area contributed by atoms with Gasteiger partial charge in [0.05, 0.1) is 20.2 Å². The van der Waals surface area contributed by atoms with Crippen LogP contribution >= 0.6 is 35.6 Å². The van der Waals surface area contributed by atoms with E-state index >= 15 is 0 Å². The molecular weight excluding hydrogens is 503 g/mol. The molecule has 0 aliphatic heterocycles. The molecule has 2 aromatic rings. The highest BCUT2D eigenvalue weighted by Gasteiger charge is 2.06. The van der Waals surface area contributed by atoms with Crippen LogP contribution in [0.3, 0.4) is 0 Å². The SMILES string of the molecule is COc1ccc(CCNC(=NCc2cccc(Cl)c2)NCC(=O)N(C)C)cc1.I. The van der Waals surface area contributed by atoms with Crippen LogP contribution in [0, 0.1) is 0 Å². The molecule has 0 saturated carbocycles. The Balaban J connectivity index is 0.00000420. The molecular formula is C21H28ClIN4O2. The van der Waals surface area contributed by atoms with E-state index in [1.165, 1.54) is 5.56 Å². The Bertz CT molecular complexity index is 798. The number of nitrogens with zero attached hydrogens (tertiary/aromatic N) is 2. The summed E-state index contributed by atoms with van der Waals surface area (Å²) >= 11 is 6.03. The molecule has 29 heavy (non-hydrogen) atoms. The molecule has 0 atom stereocenters. The van der Waals surface area contributed by atoms with Crippen LogP contribution in [-0.4, -0.2) is 51.1 Å². The maximum Gasteiger partial charge on any atom is 0.241 e. The van der Waals surface area contributed by atoms with Crippen LogP contribution < -0.4 is 15.4 Å². The average Bonchev–Trinajstić information content (AvgIpc) is 2.69. The van der Waals surface area contributed by atoms with Crippen molar-refractivity contribution in [2.75, 3.05) is 34.3 Å². The monoisotopic (exact) mass is 530 g/mol. The summed E-state index contributed by atoms with van der Waals surface area (Å²) in [6, 6.07) is 15.5. The van der Waals surface area contributed by atoms with E-state index in [9.17, 15) is 4.79 Å². The molecule has 0 aliphatic rings. The predicted molar refractivity (Wildman–Crippen MR) is 129 cm³/mol. The second-order valence-corrected chi connectivity index (χ2v) is 6.90. The Kier molecular flexibility index (Phi) is 11.5. The number of amides is 1. The van der Waals surface area contributed by atoms with Gasteiger partial charge in [-0.2, -0.15) is 0 Å². The number of halogens is 2. The number of rotatable bonds is 8. The normalized spacial score (nSPS) is 10.7. The van der Waals surface area contributed by atoms with E-state index in [-0.39, 0.29) is 36.4 Å². The summed E-state index contributed by atoms with van der Waals surface area (Å²) in [5.74, 6) is 1.40. The fourth-order valence-corrected chi connectivity index (χ4v) is 2.63. The number of ether oxygens (including phenoxy) is 1. The van der Waals surface area contributed by atoms with Crippen LogP contribution in [0.25, 0.3) is 0 Å². The van der Waals surface area contributed by atoms with Crippen molar-refractivity contribution in [2.45, 2.75) is 13.0 Å². The first kappa shape index (κ1) is 25.0. The van der Waals surface area contributed by atoms with Crippen molar-refractivity contribution < 1.29 is 9.53 Å². The molecule has 0 aromatic heterocycles. The van der Waals surface area contributed by atoms with Gasteiger partial charge >= 0.3 is 0 Å². The van der Waals surface area contributed by atoms with E-state index < -0.39 is 0 Å². The topological polar surface area (TPSA) is 66.0 Å².